The molecule has 2 heteroatoms. The predicted molar refractivity (Wildman–Crippen MR) is 105 cm³/mol. The molecule has 23 heavy (non-hydrogen) atoms. The van der Waals surface area contributed by atoms with E-state index in [1.807, 2.05) is 12.1 Å². The van der Waals surface area contributed by atoms with Gasteiger partial charge in [-0.25, -0.2) is 0 Å². The van der Waals surface area contributed by atoms with Crippen LogP contribution in [0.3, 0.4) is 0 Å². The molecule has 0 aliphatic rings. The second kappa shape index (κ2) is 11.3. The molecule has 1 aromatic rings. The fourth-order valence-electron chi connectivity index (χ4n) is 3.72. The number of Topliss-reactive ketones (excluding diaryl/α,β-unsaturated/α-hetero) is 1. The van der Waals surface area contributed by atoms with Crippen molar-refractivity contribution >= 4 is 24.2 Å². The quantitative estimate of drug-likeness (QED) is 0.266. The van der Waals surface area contributed by atoms with Crippen LogP contribution in [0.15, 0.2) is 24.3 Å². The van der Waals surface area contributed by atoms with E-state index in [4.69, 9.17) is 0 Å². The molecule has 0 radical (unpaired) electrons. The van der Waals surface area contributed by atoms with Crippen molar-refractivity contribution in [2.24, 2.45) is 0 Å². The zero-order valence-corrected chi connectivity index (χ0v) is 18.6. The molecule has 0 amide bonds. The first kappa shape index (κ1) is 20.7. The number of rotatable bonds is 12. The van der Waals surface area contributed by atoms with Crippen molar-refractivity contribution in [3.8, 4) is 0 Å². The number of benzene rings is 1. The van der Waals surface area contributed by atoms with Crippen molar-refractivity contribution in [1.82, 2.24) is 0 Å². The van der Waals surface area contributed by atoms with Crippen LogP contribution in [0.25, 0.3) is 0 Å². The number of carbonyl (C=O) groups excluding carboxylic acids is 1. The number of hydrogen-bond acceptors (Lipinski definition) is 1. The predicted octanol–water partition coefficient (Wildman–Crippen LogP) is 6.82. The Morgan fingerprint density at radius 1 is 0.870 bits per heavy atom. The van der Waals surface area contributed by atoms with E-state index in [2.05, 4.69) is 32.9 Å². The molecule has 0 fully saturated rings. The van der Waals surface area contributed by atoms with Crippen LogP contribution in [-0.2, 0) is 4.44 Å². The molecular weight excluding hydrogens is 387 g/mol. The van der Waals surface area contributed by atoms with Gasteiger partial charge < -0.3 is 0 Å². The summed E-state index contributed by atoms with van der Waals surface area (Å²) in [6.45, 7) is 8.68. The summed E-state index contributed by atoms with van der Waals surface area (Å²) in [6.07, 6.45) is 8.12. The monoisotopic (exact) mass is 424 g/mol. The fourth-order valence-corrected chi connectivity index (χ4v) is 20.0. The molecule has 0 aliphatic carbocycles. The number of ketones is 1. The molecule has 0 saturated heterocycles. The molecule has 0 N–H and O–H groups in total. The molecule has 130 valence electrons. The number of hydrogen-bond donors (Lipinski definition) is 0. The Balaban J connectivity index is 3.07. The van der Waals surface area contributed by atoms with Crippen LogP contribution in [-0.4, -0.2) is 24.2 Å². The van der Waals surface area contributed by atoms with E-state index in [0.717, 1.165) is 5.56 Å². The van der Waals surface area contributed by atoms with E-state index in [-0.39, 0.29) is 5.78 Å². The van der Waals surface area contributed by atoms with Crippen LogP contribution in [0.2, 0.25) is 13.3 Å². The zero-order valence-electron chi connectivity index (χ0n) is 15.8. The minimum atomic E-state index is -2.20. The van der Waals surface area contributed by atoms with Crippen LogP contribution in [0, 0.1) is 0 Å². The summed E-state index contributed by atoms with van der Waals surface area (Å²) in [5.74, 6) is 0.238. The Morgan fingerprint density at radius 3 is 1.78 bits per heavy atom. The van der Waals surface area contributed by atoms with Crippen molar-refractivity contribution < 1.29 is 4.79 Å². The van der Waals surface area contributed by atoms with Gasteiger partial charge in [-0.15, -0.1) is 0 Å². The Hall–Kier alpha value is -0.311. The first-order valence-electron chi connectivity index (χ1n) is 9.67. The molecule has 1 rings (SSSR count). The van der Waals surface area contributed by atoms with Gasteiger partial charge in [0.1, 0.15) is 0 Å². The summed E-state index contributed by atoms with van der Waals surface area (Å²) in [7, 11) is 0. The van der Waals surface area contributed by atoms with E-state index >= 15 is 0 Å². The summed E-state index contributed by atoms with van der Waals surface area (Å²) in [6, 6.07) is 8.40. The molecule has 1 nitrogen and oxygen atoms in total. The second-order valence-corrected chi connectivity index (χ2v) is 21.1. The Kier molecular flexibility index (Phi) is 10.2. The van der Waals surface area contributed by atoms with E-state index in [1.165, 1.54) is 61.8 Å². The topological polar surface area (TPSA) is 17.1 Å². The standard InChI is InChI=1S/C9H9O.3C4H9.Sn/c1-7-5-3-4-6-9(7)8(2)10;3*1-3-4-2;/h3-6H,1H2,2H3;3*1,3-4H2,2H3;. The third kappa shape index (κ3) is 6.99. The van der Waals surface area contributed by atoms with Crippen molar-refractivity contribution in [3.05, 3.63) is 35.4 Å². The van der Waals surface area contributed by atoms with E-state index in [9.17, 15) is 4.79 Å². The van der Waals surface area contributed by atoms with Crippen LogP contribution in [0.1, 0.15) is 82.1 Å². The maximum atomic E-state index is 12.0. The summed E-state index contributed by atoms with van der Waals surface area (Å²) >= 11 is -2.20. The molecule has 0 saturated carbocycles. The summed E-state index contributed by atoms with van der Waals surface area (Å²) in [5, 5.41) is 0. The van der Waals surface area contributed by atoms with Gasteiger partial charge in [0.2, 0.25) is 0 Å². The Morgan fingerprint density at radius 2 is 1.35 bits per heavy atom. The van der Waals surface area contributed by atoms with Gasteiger partial charge in [0.25, 0.3) is 0 Å². The third-order valence-electron chi connectivity index (χ3n) is 5.14. The van der Waals surface area contributed by atoms with Crippen LogP contribution in [0.5, 0.6) is 0 Å². The fraction of sp³-hybridized carbons (Fsp3) is 0.667. The van der Waals surface area contributed by atoms with Crippen LogP contribution < -0.4 is 0 Å². The minimum absolute atomic E-state index is 0.238. The summed E-state index contributed by atoms with van der Waals surface area (Å²) < 4.78 is 5.82. The molecule has 0 aliphatic heterocycles. The van der Waals surface area contributed by atoms with Crippen molar-refractivity contribution in [2.75, 3.05) is 0 Å². The SMILES string of the molecule is CCC[CH2][Sn]([CH2]CCC)([CH2]CCC)[CH2]c1ccccc1C(C)=O. The van der Waals surface area contributed by atoms with Gasteiger partial charge in [0.15, 0.2) is 0 Å². The Labute approximate surface area is 148 Å². The first-order chi connectivity index (χ1) is 11.1. The van der Waals surface area contributed by atoms with Gasteiger partial charge in [0.05, 0.1) is 0 Å². The average molecular weight is 423 g/mol. The summed E-state index contributed by atoms with van der Waals surface area (Å²) in [4.78, 5) is 12.0. The van der Waals surface area contributed by atoms with Gasteiger partial charge in [-0.1, -0.05) is 0 Å². The number of unbranched alkanes of at least 4 members (excludes halogenated alkanes) is 3. The molecule has 0 bridgehead atoms. The molecule has 0 atom stereocenters. The van der Waals surface area contributed by atoms with Crippen molar-refractivity contribution in [1.29, 1.82) is 0 Å². The molecule has 0 heterocycles. The first-order valence-corrected chi connectivity index (χ1v) is 17.7. The molecule has 0 unspecified atom stereocenters. The second-order valence-electron chi connectivity index (χ2n) is 7.20. The van der Waals surface area contributed by atoms with E-state index in [1.54, 1.807) is 6.92 Å². The van der Waals surface area contributed by atoms with Gasteiger partial charge in [-0.3, -0.25) is 0 Å². The van der Waals surface area contributed by atoms with Crippen molar-refractivity contribution in [3.63, 3.8) is 0 Å². The van der Waals surface area contributed by atoms with Gasteiger partial charge >= 0.3 is 148 Å². The number of carbonyl (C=O) groups is 1. The van der Waals surface area contributed by atoms with Crippen LogP contribution >= 0.6 is 0 Å². The van der Waals surface area contributed by atoms with E-state index in [0.29, 0.717) is 0 Å². The average Bonchev–Trinajstić information content (AvgIpc) is 2.56. The van der Waals surface area contributed by atoms with Crippen LogP contribution in [0.4, 0.5) is 0 Å². The summed E-state index contributed by atoms with van der Waals surface area (Å²) in [5.41, 5.74) is 2.34. The van der Waals surface area contributed by atoms with E-state index < -0.39 is 18.4 Å². The van der Waals surface area contributed by atoms with Crippen molar-refractivity contribution in [2.45, 2.75) is 84.0 Å². The van der Waals surface area contributed by atoms with Gasteiger partial charge in [-0.2, -0.15) is 0 Å². The molecule has 0 spiro atoms. The zero-order chi connectivity index (χ0) is 17.1. The Bertz CT molecular complexity index is 445. The normalized spacial score (nSPS) is 11.7. The van der Waals surface area contributed by atoms with Gasteiger partial charge in [0, 0.05) is 0 Å². The molecule has 0 aromatic heterocycles. The van der Waals surface area contributed by atoms with Gasteiger partial charge in [-0.05, 0) is 0 Å². The molecular formula is C21H36OSn. The maximum absolute atomic E-state index is 12.0. The third-order valence-corrected chi connectivity index (χ3v) is 20.5. The molecule has 1 aromatic carbocycles.